The normalized spacial score (nSPS) is 10.0. The van der Waals surface area contributed by atoms with E-state index in [2.05, 4.69) is 15.3 Å². The summed E-state index contributed by atoms with van der Waals surface area (Å²) in [6.07, 6.45) is 2.06. The van der Waals surface area contributed by atoms with E-state index in [0.29, 0.717) is 29.3 Å². The van der Waals surface area contributed by atoms with Crippen molar-refractivity contribution >= 4 is 29.4 Å². The van der Waals surface area contributed by atoms with Gasteiger partial charge in [0, 0.05) is 18.3 Å². The van der Waals surface area contributed by atoms with Crippen LogP contribution >= 0.6 is 0 Å². The Bertz CT molecular complexity index is 599. The van der Waals surface area contributed by atoms with Gasteiger partial charge in [0.1, 0.15) is 18.0 Å². The molecule has 1 aromatic carbocycles. The van der Waals surface area contributed by atoms with Gasteiger partial charge in [0.2, 0.25) is 6.41 Å². The number of benzene rings is 1. The molecule has 6 heteroatoms. The van der Waals surface area contributed by atoms with Gasteiger partial charge in [-0.25, -0.2) is 9.97 Å². The first kappa shape index (κ1) is 12.8. The van der Waals surface area contributed by atoms with Crippen LogP contribution in [0.2, 0.25) is 0 Å². The molecule has 0 saturated heterocycles. The number of nitrogens with two attached hydrogens (primary N) is 1. The van der Waals surface area contributed by atoms with Crippen LogP contribution in [0.5, 0.6) is 0 Å². The van der Waals surface area contributed by atoms with Gasteiger partial charge in [-0.3, -0.25) is 9.69 Å². The Hall–Kier alpha value is -2.63. The van der Waals surface area contributed by atoms with Gasteiger partial charge in [-0.15, -0.1) is 0 Å². The molecule has 2 aromatic rings. The van der Waals surface area contributed by atoms with Gasteiger partial charge in [0.15, 0.2) is 0 Å². The Balaban J connectivity index is 2.49. The van der Waals surface area contributed by atoms with E-state index >= 15 is 0 Å². The summed E-state index contributed by atoms with van der Waals surface area (Å²) in [5.41, 5.74) is 8.03. The van der Waals surface area contributed by atoms with Crippen LogP contribution in [0.1, 0.15) is 5.56 Å². The number of aromatic nitrogens is 2. The topological polar surface area (TPSA) is 84.1 Å². The second kappa shape index (κ2) is 5.34. The van der Waals surface area contributed by atoms with E-state index < -0.39 is 0 Å². The fourth-order valence-corrected chi connectivity index (χ4v) is 1.74. The first-order chi connectivity index (χ1) is 9.17. The van der Waals surface area contributed by atoms with Crippen LogP contribution in [0.15, 0.2) is 30.6 Å². The molecule has 6 nitrogen and oxygen atoms in total. The Morgan fingerprint density at radius 2 is 2.16 bits per heavy atom. The zero-order valence-electron chi connectivity index (χ0n) is 10.8. The van der Waals surface area contributed by atoms with Crippen molar-refractivity contribution in [2.45, 2.75) is 6.92 Å². The molecule has 0 fully saturated rings. The molecule has 1 amide bonds. The number of nitrogen functional groups attached to an aromatic ring is 1. The van der Waals surface area contributed by atoms with E-state index in [1.165, 1.54) is 11.2 Å². The standard InChI is InChI=1S/C13H15N5O/c1-9-12(14)16-7-17-13(9)18(8-19)11-5-3-4-10(6-11)15-2/h3-8,15H,1-2H3,(H2,14,16,17). The smallest absolute Gasteiger partial charge is 0.219 e. The van der Waals surface area contributed by atoms with E-state index in [0.717, 1.165) is 5.69 Å². The molecule has 0 spiro atoms. The SMILES string of the molecule is CNc1cccc(N(C=O)c2ncnc(N)c2C)c1. The highest BCUT2D eigenvalue weighted by Crippen LogP contribution is 2.28. The van der Waals surface area contributed by atoms with Crippen LogP contribution in [0.25, 0.3) is 0 Å². The molecule has 1 heterocycles. The monoisotopic (exact) mass is 257 g/mol. The Labute approximate surface area is 111 Å². The van der Waals surface area contributed by atoms with Crippen molar-refractivity contribution in [2.24, 2.45) is 0 Å². The van der Waals surface area contributed by atoms with Gasteiger partial charge in [-0.05, 0) is 25.1 Å². The summed E-state index contributed by atoms with van der Waals surface area (Å²) in [5.74, 6) is 0.845. The van der Waals surface area contributed by atoms with E-state index in [4.69, 9.17) is 5.73 Å². The molecule has 0 aliphatic heterocycles. The zero-order valence-corrected chi connectivity index (χ0v) is 10.8. The van der Waals surface area contributed by atoms with Crippen molar-refractivity contribution in [3.8, 4) is 0 Å². The number of anilines is 4. The maximum atomic E-state index is 11.4. The lowest BCUT2D eigenvalue weighted by Gasteiger charge is -2.19. The molecule has 3 N–H and O–H groups in total. The predicted molar refractivity (Wildman–Crippen MR) is 75.4 cm³/mol. The third kappa shape index (κ3) is 2.47. The Morgan fingerprint density at radius 1 is 1.37 bits per heavy atom. The molecule has 0 radical (unpaired) electrons. The minimum absolute atomic E-state index is 0.363. The van der Waals surface area contributed by atoms with Crippen molar-refractivity contribution in [1.82, 2.24) is 9.97 Å². The van der Waals surface area contributed by atoms with Crippen LogP contribution in [-0.4, -0.2) is 23.4 Å². The summed E-state index contributed by atoms with van der Waals surface area (Å²) < 4.78 is 0. The number of amides is 1. The summed E-state index contributed by atoms with van der Waals surface area (Å²) in [5, 5.41) is 3.02. The Kier molecular flexibility index (Phi) is 3.61. The fraction of sp³-hybridized carbons (Fsp3) is 0.154. The van der Waals surface area contributed by atoms with Crippen molar-refractivity contribution in [3.05, 3.63) is 36.2 Å². The van der Waals surface area contributed by atoms with Gasteiger partial charge in [-0.1, -0.05) is 6.07 Å². The second-order valence-corrected chi connectivity index (χ2v) is 3.98. The minimum Gasteiger partial charge on any atom is -0.388 e. The number of carbonyl (C=O) groups is 1. The van der Waals surface area contributed by atoms with Crippen LogP contribution in [0.3, 0.4) is 0 Å². The highest BCUT2D eigenvalue weighted by Gasteiger charge is 2.14. The lowest BCUT2D eigenvalue weighted by atomic mass is 10.2. The number of rotatable bonds is 4. The Morgan fingerprint density at radius 3 is 2.84 bits per heavy atom. The first-order valence-electron chi connectivity index (χ1n) is 5.76. The third-order valence-corrected chi connectivity index (χ3v) is 2.84. The van der Waals surface area contributed by atoms with Crippen LogP contribution in [0, 0.1) is 6.92 Å². The van der Waals surface area contributed by atoms with Gasteiger partial charge in [-0.2, -0.15) is 0 Å². The maximum Gasteiger partial charge on any atom is 0.219 e. The minimum atomic E-state index is 0.363. The summed E-state index contributed by atoms with van der Waals surface area (Å²) >= 11 is 0. The summed E-state index contributed by atoms with van der Waals surface area (Å²) in [4.78, 5) is 20.8. The summed E-state index contributed by atoms with van der Waals surface area (Å²) in [7, 11) is 1.82. The summed E-state index contributed by atoms with van der Waals surface area (Å²) in [6.45, 7) is 1.78. The number of nitrogens with one attached hydrogen (secondary N) is 1. The molecule has 98 valence electrons. The highest BCUT2D eigenvalue weighted by atomic mass is 16.1. The molecule has 0 aliphatic carbocycles. The molecule has 0 saturated carbocycles. The lowest BCUT2D eigenvalue weighted by molar-refractivity contribution is -0.106. The number of carbonyl (C=O) groups excluding carboxylic acids is 1. The number of hydrogen-bond donors (Lipinski definition) is 2. The van der Waals surface area contributed by atoms with Crippen molar-refractivity contribution in [2.75, 3.05) is 23.0 Å². The number of nitrogens with zero attached hydrogens (tertiary/aromatic N) is 3. The van der Waals surface area contributed by atoms with Crippen LogP contribution in [-0.2, 0) is 4.79 Å². The molecular formula is C13H15N5O. The quantitative estimate of drug-likeness (QED) is 0.814. The molecule has 0 unspecified atom stereocenters. The van der Waals surface area contributed by atoms with E-state index in [1.54, 1.807) is 6.92 Å². The van der Waals surface area contributed by atoms with Crippen molar-refractivity contribution < 1.29 is 4.79 Å². The van der Waals surface area contributed by atoms with Crippen molar-refractivity contribution in [3.63, 3.8) is 0 Å². The fourth-order valence-electron chi connectivity index (χ4n) is 1.74. The van der Waals surface area contributed by atoms with Crippen LogP contribution < -0.4 is 16.0 Å². The third-order valence-electron chi connectivity index (χ3n) is 2.84. The lowest BCUT2D eigenvalue weighted by Crippen LogP contribution is -2.18. The maximum absolute atomic E-state index is 11.4. The van der Waals surface area contributed by atoms with Gasteiger partial charge in [0.25, 0.3) is 0 Å². The molecule has 0 aliphatic rings. The second-order valence-electron chi connectivity index (χ2n) is 3.98. The predicted octanol–water partition coefficient (Wildman–Crippen LogP) is 1.70. The largest absolute Gasteiger partial charge is 0.388 e. The van der Waals surface area contributed by atoms with E-state index in [-0.39, 0.29) is 0 Å². The highest BCUT2D eigenvalue weighted by molar-refractivity contribution is 5.87. The first-order valence-corrected chi connectivity index (χ1v) is 5.76. The van der Waals surface area contributed by atoms with Gasteiger partial charge in [0.05, 0.1) is 5.69 Å². The molecule has 1 aromatic heterocycles. The van der Waals surface area contributed by atoms with E-state index in [9.17, 15) is 4.79 Å². The van der Waals surface area contributed by atoms with Gasteiger partial charge >= 0.3 is 0 Å². The molecule has 0 bridgehead atoms. The van der Waals surface area contributed by atoms with E-state index in [1.807, 2.05) is 31.3 Å². The average Bonchev–Trinajstić information content (AvgIpc) is 2.44. The number of hydrogen-bond acceptors (Lipinski definition) is 5. The summed E-state index contributed by atoms with van der Waals surface area (Å²) in [6, 6.07) is 7.45. The average molecular weight is 257 g/mol. The van der Waals surface area contributed by atoms with Crippen molar-refractivity contribution in [1.29, 1.82) is 0 Å². The molecule has 2 rings (SSSR count). The van der Waals surface area contributed by atoms with Gasteiger partial charge < -0.3 is 11.1 Å². The molecular weight excluding hydrogens is 242 g/mol. The zero-order chi connectivity index (χ0) is 13.8. The molecule has 0 atom stereocenters. The van der Waals surface area contributed by atoms with Crippen LogP contribution in [0.4, 0.5) is 23.0 Å². The molecule has 19 heavy (non-hydrogen) atoms.